The third-order valence-electron chi connectivity index (χ3n) is 5.51. The smallest absolute Gasteiger partial charge is 0.340 e. The highest BCUT2D eigenvalue weighted by Gasteiger charge is 2.24. The van der Waals surface area contributed by atoms with E-state index in [1.54, 1.807) is 16.9 Å². The van der Waals surface area contributed by atoms with E-state index in [-0.39, 0.29) is 5.97 Å². The van der Waals surface area contributed by atoms with Crippen LogP contribution in [-0.2, 0) is 11.3 Å². The van der Waals surface area contributed by atoms with Crippen molar-refractivity contribution in [1.29, 1.82) is 0 Å². The molecule has 1 aromatic carbocycles. The molecule has 0 saturated carbocycles. The fourth-order valence-electron chi connectivity index (χ4n) is 3.89. The first-order valence-electron chi connectivity index (χ1n) is 9.54. The van der Waals surface area contributed by atoms with Crippen LogP contribution >= 0.6 is 0 Å². The summed E-state index contributed by atoms with van der Waals surface area (Å²) >= 11 is 0. The number of carbonyl (C=O) groups is 1. The molecule has 2 heterocycles. The molecule has 0 aliphatic carbocycles. The van der Waals surface area contributed by atoms with Gasteiger partial charge in [-0.05, 0) is 32.0 Å². The summed E-state index contributed by atoms with van der Waals surface area (Å²) in [5, 5.41) is 0.915. The summed E-state index contributed by atoms with van der Waals surface area (Å²) in [5.41, 5.74) is 2.72. The van der Waals surface area contributed by atoms with Crippen LogP contribution in [0, 0.1) is 6.92 Å². The van der Waals surface area contributed by atoms with E-state index in [2.05, 4.69) is 11.6 Å². The largest absolute Gasteiger partial charge is 0.497 e. The molecule has 142 valence electrons. The van der Waals surface area contributed by atoms with Crippen LogP contribution in [0.25, 0.3) is 10.9 Å². The predicted octanol–water partition coefficient (Wildman–Crippen LogP) is -0.452. The second kappa shape index (κ2) is 8.10. The Morgan fingerprint density at radius 1 is 1.23 bits per heavy atom. The minimum absolute atomic E-state index is 0.252. The summed E-state index contributed by atoms with van der Waals surface area (Å²) in [6, 6.07) is 5.95. The Kier molecular flexibility index (Phi) is 5.84. The lowest BCUT2D eigenvalue weighted by Crippen LogP contribution is -3.27. The molecule has 2 N–H and O–H groups in total. The molecule has 3 rings (SSSR count). The molecule has 6 nitrogen and oxygen atoms in total. The molecule has 2 aromatic rings. The van der Waals surface area contributed by atoms with Crippen molar-refractivity contribution in [2.75, 3.05) is 53.5 Å². The molecule has 0 bridgehead atoms. The maximum absolute atomic E-state index is 12.6. The number of hydrogen-bond acceptors (Lipinski definition) is 3. The van der Waals surface area contributed by atoms with Crippen LogP contribution in [0.2, 0.25) is 0 Å². The molecule has 0 radical (unpaired) electrons. The Morgan fingerprint density at radius 3 is 2.62 bits per heavy atom. The Hall–Kier alpha value is -2.05. The van der Waals surface area contributed by atoms with Gasteiger partial charge in [-0.3, -0.25) is 0 Å². The van der Waals surface area contributed by atoms with Gasteiger partial charge in [0.05, 0.1) is 39.4 Å². The first kappa shape index (κ1) is 18.7. The number of aromatic nitrogens is 1. The number of likely N-dealkylation sites (N-methyl/N-ethyl adjacent to an activating group) is 1. The zero-order valence-electron chi connectivity index (χ0n) is 16.4. The first-order chi connectivity index (χ1) is 12.5. The van der Waals surface area contributed by atoms with Gasteiger partial charge in [0.15, 0.2) is 0 Å². The van der Waals surface area contributed by atoms with E-state index in [0.29, 0.717) is 12.2 Å². The molecule has 0 unspecified atom stereocenters. The monoisotopic (exact) mass is 361 g/mol. The summed E-state index contributed by atoms with van der Waals surface area (Å²) in [6.07, 6.45) is 0. The molecule has 1 fully saturated rings. The first-order valence-corrected chi connectivity index (χ1v) is 9.54. The predicted molar refractivity (Wildman–Crippen MR) is 101 cm³/mol. The van der Waals surface area contributed by atoms with Gasteiger partial charge in [0.25, 0.3) is 0 Å². The Bertz CT molecular complexity index is 776. The normalized spacial score (nSPS) is 20.3. The third kappa shape index (κ3) is 3.71. The zero-order valence-corrected chi connectivity index (χ0v) is 16.4. The number of hydrogen-bond donors (Lipinski definition) is 2. The fourth-order valence-corrected chi connectivity index (χ4v) is 3.89. The number of piperazine rings is 1. The van der Waals surface area contributed by atoms with Crippen LogP contribution in [0.1, 0.15) is 23.0 Å². The minimum atomic E-state index is -0.252. The number of benzene rings is 1. The van der Waals surface area contributed by atoms with Crippen LogP contribution in [0.5, 0.6) is 5.75 Å². The summed E-state index contributed by atoms with van der Waals surface area (Å²) in [5.74, 6) is 0.505. The van der Waals surface area contributed by atoms with Gasteiger partial charge < -0.3 is 23.8 Å². The number of ether oxygens (including phenoxy) is 2. The Labute approximate surface area is 155 Å². The highest BCUT2D eigenvalue weighted by atomic mass is 16.5. The van der Waals surface area contributed by atoms with Crippen LogP contribution in [0.15, 0.2) is 18.2 Å². The van der Waals surface area contributed by atoms with Gasteiger partial charge in [0.1, 0.15) is 31.9 Å². The molecular formula is C20H31N3O3+2. The number of quaternary nitrogens is 2. The SMILES string of the molecule is CCOC(=O)c1c(C)n(CC[NH+]2CC[NH+](C)CC2)c2ccc(OC)cc12. The van der Waals surface area contributed by atoms with E-state index in [0.717, 1.165) is 35.4 Å². The Balaban J connectivity index is 1.91. The molecular weight excluding hydrogens is 330 g/mol. The van der Waals surface area contributed by atoms with Crippen molar-refractivity contribution >= 4 is 16.9 Å². The number of rotatable bonds is 6. The van der Waals surface area contributed by atoms with Gasteiger partial charge in [0.2, 0.25) is 0 Å². The number of nitrogens with zero attached hydrogens (tertiary/aromatic N) is 1. The molecule has 1 aromatic heterocycles. The van der Waals surface area contributed by atoms with Gasteiger partial charge in [-0.1, -0.05) is 0 Å². The van der Waals surface area contributed by atoms with E-state index in [1.807, 2.05) is 32.0 Å². The number of fused-ring (bicyclic) bond motifs is 1. The molecule has 1 aliphatic rings. The summed E-state index contributed by atoms with van der Waals surface area (Å²) in [7, 11) is 3.91. The minimum Gasteiger partial charge on any atom is -0.497 e. The van der Waals surface area contributed by atoms with Crippen molar-refractivity contribution in [2.24, 2.45) is 0 Å². The highest BCUT2D eigenvalue weighted by Crippen LogP contribution is 2.29. The molecule has 0 amide bonds. The summed E-state index contributed by atoms with van der Waals surface area (Å²) in [4.78, 5) is 15.8. The number of esters is 1. The molecule has 6 heteroatoms. The van der Waals surface area contributed by atoms with Gasteiger partial charge >= 0.3 is 5.97 Å². The van der Waals surface area contributed by atoms with Crippen molar-refractivity contribution in [3.63, 3.8) is 0 Å². The van der Waals surface area contributed by atoms with Crippen LogP contribution in [0.3, 0.4) is 0 Å². The Morgan fingerprint density at radius 2 is 1.96 bits per heavy atom. The van der Waals surface area contributed by atoms with Crippen LogP contribution in [0.4, 0.5) is 0 Å². The van der Waals surface area contributed by atoms with Gasteiger partial charge in [0, 0.05) is 16.6 Å². The molecule has 0 spiro atoms. The van der Waals surface area contributed by atoms with Gasteiger partial charge in [-0.2, -0.15) is 0 Å². The standard InChI is InChI=1S/C20H29N3O3/c1-5-26-20(24)19-15(2)23(13-12-22-10-8-21(3)9-11-22)18-7-6-16(25-4)14-17(18)19/h6-7,14H,5,8-13H2,1-4H3/p+2. The maximum Gasteiger partial charge on any atom is 0.340 e. The van der Waals surface area contributed by atoms with Crippen LogP contribution < -0.4 is 14.5 Å². The maximum atomic E-state index is 12.6. The van der Waals surface area contributed by atoms with E-state index in [9.17, 15) is 4.79 Å². The van der Waals surface area contributed by atoms with E-state index < -0.39 is 0 Å². The molecule has 1 aliphatic heterocycles. The van der Waals surface area contributed by atoms with Crippen molar-refractivity contribution < 1.29 is 24.1 Å². The molecule has 1 saturated heterocycles. The van der Waals surface area contributed by atoms with E-state index in [1.165, 1.54) is 26.2 Å². The lowest BCUT2D eigenvalue weighted by atomic mass is 10.1. The second-order valence-corrected chi connectivity index (χ2v) is 7.17. The quantitative estimate of drug-likeness (QED) is 0.685. The van der Waals surface area contributed by atoms with Crippen molar-refractivity contribution in [3.05, 3.63) is 29.5 Å². The van der Waals surface area contributed by atoms with Crippen LogP contribution in [-0.4, -0.2) is 64.0 Å². The second-order valence-electron chi connectivity index (χ2n) is 7.17. The van der Waals surface area contributed by atoms with Crippen molar-refractivity contribution in [3.8, 4) is 5.75 Å². The van der Waals surface area contributed by atoms with E-state index >= 15 is 0 Å². The number of nitrogens with one attached hydrogen (secondary N) is 2. The summed E-state index contributed by atoms with van der Waals surface area (Å²) < 4.78 is 12.9. The van der Waals surface area contributed by atoms with Crippen molar-refractivity contribution in [1.82, 2.24) is 4.57 Å². The molecule has 26 heavy (non-hydrogen) atoms. The lowest BCUT2D eigenvalue weighted by Gasteiger charge is -2.27. The summed E-state index contributed by atoms with van der Waals surface area (Å²) in [6.45, 7) is 11.1. The van der Waals surface area contributed by atoms with Gasteiger partial charge in [-0.25, -0.2) is 4.79 Å². The average Bonchev–Trinajstić information content (AvgIpc) is 2.92. The highest BCUT2D eigenvalue weighted by molar-refractivity contribution is 6.06. The van der Waals surface area contributed by atoms with Crippen molar-refractivity contribution in [2.45, 2.75) is 20.4 Å². The third-order valence-corrected chi connectivity index (χ3v) is 5.51. The lowest BCUT2D eigenvalue weighted by molar-refractivity contribution is -1.00. The van der Waals surface area contributed by atoms with Gasteiger partial charge in [-0.15, -0.1) is 0 Å². The topological polar surface area (TPSA) is 49.3 Å². The molecule has 0 atom stereocenters. The number of methoxy groups -OCH3 is 1. The van der Waals surface area contributed by atoms with E-state index in [4.69, 9.17) is 9.47 Å². The average molecular weight is 361 g/mol. The number of carbonyl (C=O) groups excluding carboxylic acids is 1. The fraction of sp³-hybridized carbons (Fsp3) is 0.550. The zero-order chi connectivity index (χ0) is 18.7.